The van der Waals surface area contributed by atoms with Crippen molar-refractivity contribution in [1.29, 1.82) is 0 Å². The maximum atomic E-state index is 11.5. The third-order valence-corrected chi connectivity index (χ3v) is 2.42. The van der Waals surface area contributed by atoms with E-state index in [0.717, 1.165) is 0 Å². The zero-order chi connectivity index (χ0) is 11.4. The molecule has 0 spiro atoms. The Labute approximate surface area is 88.0 Å². The van der Waals surface area contributed by atoms with E-state index in [0.29, 0.717) is 12.7 Å². The van der Waals surface area contributed by atoms with Crippen molar-refractivity contribution >= 4 is 17.9 Å². The second-order valence-corrected chi connectivity index (χ2v) is 3.72. The van der Waals surface area contributed by atoms with Gasteiger partial charge in [0.05, 0.1) is 5.57 Å². The fraction of sp³-hybridized carbons (Fsp3) is 0.545. The monoisotopic (exact) mass is 210 g/mol. The predicted octanol–water partition coefficient (Wildman–Crippen LogP) is 1.35. The van der Waals surface area contributed by atoms with E-state index in [-0.39, 0.29) is 36.4 Å². The van der Waals surface area contributed by atoms with Gasteiger partial charge in [0.2, 0.25) is 0 Å². The zero-order valence-electron chi connectivity index (χ0n) is 8.66. The van der Waals surface area contributed by atoms with Gasteiger partial charge in [-0.1, -0.05) is 6.92 Å². The van der Waals surface area contributed by atoms with Crippen LogP contribution in [0.1, 0.15) is 32.6 Å². The predicted molar refractivity (Wildman–Crippen MR) is 53.4 cm³/mol. The van der Waals surface area contributed by atoms with E-state index in [1.54, 1.807) is 0 Å². The molecule has 15 heavy (non-hydrogen) atoms. The summed E-state index contributed by atoms with van der Waals surface area (Å²) in [5, 5.41) is 9.52. The number of carbonyl (C=O) groups excluding carboxylic acids is 3. The molecule has 0 aromatic rings. The van der Waals surface area contributed by atoms with Gasteiger partial charge in [-0.3, -0.25) is 9.59 Å². The minimum absolute atomic E-state index is 0.0400. The van der Waals surface area contributed by atoms with Crippen molar-refractivity contribution in [3.8, 4) is 0 Å². The van der Waals surface area contributed by atoms with Crippen LogP contribution >= 0.6 is 0 Å². The van der Waals surface area contributed by atoms with E-state index in [1.165, 1.54) is 0 Å². The Bertz CT molecular complexity index is 327. The lowest BCUT2D eigenvalue weighted by molar-refractivity contribution is -0.125. The topological polar surface area (TPSA) is 71.4 Å². The van der Waals surface area contributed by atoms with Gasteiger partial charge in [-0.25, -0.2) is 0 Å². The van der Waals surface area contributed by atoms with E-state index in [4.69, 9.17) is 0 Å². The fourth-order valence-electron chi connectivity index (χ4n) is 1.69. The van der Waals surface area contributed by atoms with Gasteiger partial charge < -0.3 is 9.90 Å². The van der Waals surface area contributed by atoms with E-state index < -0.39 is 11.7 Å². The molecule has 0 amide bonds. The molecule has 1 atom stereocenters. The summed E-state index contributed by atoms with van der Waals surface area (Å²) in [6.07, 6.45) is 1.70. The van der Waals surface area contributed by atoms with Gasteiger partial charge in [0.1, 0.15) is 12.0 Å². The highest BCUT2D eigenvalue weighted by Crippen LogP contribution is 2.25. The number of carbonyl (C=O) groups is 3. The van der Waals surface area contributed by atoms with Crippen molar-refractivity contribution in [2.75, 3.05) is 0 Å². The van der Waals surface area contributed by atoms with Crippen LogP contribution in [-0.2, 0) is 14.4 Å². The first-order valence-corrected chi connectivity index (χ1v) is 5.04. The van der Waals surface area contributed by atoms with Gasteiger partial charge in [-0.2, -0.15) is 0 Å². The molecule has 0 saturated heterocycles. The summed E-state index contributed by atoms with van der Waals surface area (Å²) < 4.78 is 0. The molecule has 4 nitrogen and oxygen atoms in total. The smallest absolute Gasteiger partial charge is 0.170 e. The molecular weight excluding hydrogens is 196 g/mol. The summed E-state index contributed by atoms with van der Waals surface area (Å²) in [6, 6.07) is 0. The lowest BCUT2D eigenvalue weighted by atomic mass is 9.85. The molecule has 0 bridgehead atoms. The summed E-state index contributed by atoms with van der Waals surface area (Å²) in [6.45, 7) is 1.83. The minimum atomic E-state index is -0.476. The standard InChI is InChI=1S/C11H14O4/c1-2-3-8(13)11-9(14)4-7(6-12)5-10(11)15/h6-7,14H,2-5H2,1H3. The highest BCUT2D eigenvalue weighted by molar-refractivity contribution is 6.21. The Kier molecular flexibility index (Phi) is 3.77. The Morgan fingerprint density at radius 1 is 1.53 bits per heavy atom. The molecule has 1 rings (SSSR count). The van der Waals surface area contributed by atoms with E-state index in [2.05, 4.69) is 0 Å². The third kappa shape index (κ3) is 2.52. The number of Topliss-reactive ketones (excluding diaryl/α,β-unsaturated/α-hetero) is 2. The number of aliphatic hydroxyl groups is 1. The molecule has 0 saturated carbocycles. The molecule has 1 N–H and O–H groups in total. The van der Waals surface area contributed by atoms with Crippen molar-refractivity contribution in [2.45, 2.75) is 32.6 Å². The van der Waals surface area contributed by atoms with Crippen LogP contribution in [0, 0.1) is 5.92 Å². The van der Waals surface area contributed by atoms with Crippen LogP contribution in [-0.4, -0.2) is 23.0 Å². The SMILES string of the molecule is CCCC(=O)C1=C(O)CC(C=O)CC1=O. The van der Waals surface area contributed by atoms with Crippen molar-refractivity contribution in [3.05, 3.63) is 11.3 Å². The Hall–Kier alpha value is -1.45. The number of hydrogen-bond acceptors (Lipinski definition) is 4. The van der Waals surface area contributed by atoms with Crippen LogP contribution in [0.4, 0.5) is 0 Å². The lowest BCUT2D eigenvalue weighted by Crippen LogP contribution is -2.25. The van der Waals surface area contributed by atoms with Gasteiger partial charge in [0.25, 0.3) is 0 Å². The molecule has 1 aliphatic rings. The molecule has 0 aromatic carbocycles. The third-order valence-electron chi connectivity index (χ3n) is 2.42. The van der Waals surface area contributed by atoms with Gasteiger partial charge in [0.15, 0.2) is 11.6 Å². The molecule has 0 fully saturated rings. The maximum absolute atomic E-state index is 11.5. The second kappa shape index (κ2) is 4.87. The van der Waals surface area contributed by atoms with E-state index in [9.17, 15) is 19.5 Å². The Morgan fingerprint density at radius 2 is 2.20 bits per heavy atom. The number of ketones is 2. The van der Waals surface area contributed by atoms with Crippen LogP contribution in [0.15, 0.2) is 11.3 Å². The summed E-state index contributed by atoms with van der Waals surface area (Å²) >= 11 is 0. The number of hydrogen-bond donors (Lipinski definition) is 1. The van der Waals surface area contributed by atoms with Crippen molar-refractivity contribution < 1.29 is 19.5 Å². The Balaban J connectivity index is 2.91. The summed E-state index contributed by atoms with van der Waals surface area (Å²) in [5.74, 6) is -1.42. The molecule has 0 aromatic heterocycles. The van der Waals surface area contributed by atoms with Crippen molar-refractivity contribution in [2.24, 2.45) is 5.92 Å². The van der Waals surface area contributed by atoms with Gasteiger partial charge >= 0.3 is 0 Å². The quantitative estimate of drug-likeness (QED) is 0.561. The molecular formula is C11H14O4. The number of aliphatic hydroxyl groups excluding tert-OH is 1. The molecule has 82 valence electrons. The minimum Gasteiger partial charge on any atom is -0.511 e. The average molecular weight is 210 g/mol. The number of aldehydes is 1. The molecule has 1 unspecified atom stereocenters. The van der Waals surface area contributed by atoms with Crippen LogP contribution < -0.4 is 0 Å². The summed E-state index contributed by atoms with van der Waals surface area (Å²) in [5.41, 5.74) is -0.0880. The molecule has 0 aliphatic heterocycles. The van der Waals surface area contributed by atoms with Gasteiger partial charge in [-0.15, -0.1) is 0 Å². The molecule has 1 aliphatic carbocycles. The average Bonchev–Trinajstić information content (AvgIpc) is 2.16. The lowest BCUT2D eigenvalue weighted by Gasteiger charge is -2.18. The van der Waals surface area contributed by atoms with Gasteiger partial charge in [0, 0.05) is 25.2 Å². The van der Waals surface area contributed by atoms with Crippen LogP contribution in [0.5, 0.6) is 0 Å². The van der Waals surface area contributed by atoms with Gasteiger partial charge in [-0.05, 0) is 6.42 Å². The largest absolute Gasteiger partial charge is 0.511 e. The van der Waals surface area contributed by atoms with Crippen LogP contribution in [0.3, 0.4) is 0 Å². The highest BCUT2D eigenvalue weighted by atomic mass is 16.3. The van der Waals surface area contributed by atoms with E-state index >= 15 is 0 Å². The van der Waals surface area contributed by atoms with Crippen LogP contribution in [0.2, 0.25) is 0 Å². The summed E-state index contributed by atoms with van der Waals surface area (Å²) in [4.78, 5) is 33.5. The maximum Gasteiger partial charge on any atom is 0.170 e. The first kappa shape index (κ1) is 11.6. The first-order chi connectivity index (χ1) is 7.10. The number of allylic oxidation sites excluding steroid dienone is 2. The first-order valence-electron chi connectivity index (χ1n) is 5.04. The molecule has 4 heteroatoms. The normalized spacial score (nSPS) is 21.7. The number of rotatable bonds is 4. The second-order valence-electron chi connectivity index (χ2n) is 3.72. The van der Waals surface area contributed by atoms with E-state index in [1.807, 2.05) is 6.92 Å². The highest BCUT2D eigenvalue weighted by Gasteiger charge is 2.30. The Morgan fingerprint density at radius 3 is 2.67 bits per heavy atom. The van der Waals surface area contributed by atoms with Crippen molar-refractivity contribution in [3.63, 3.8) is 0 Å². The molecule has 0 radical (unpaired) electrons. The van der Waals surface area contributed by atoms with Crippen molar-refractivity contribution in [1.82, 2.24) is 0 Å². The summed E-state index contributed by atoms with van der Waals surface area (Å²) in [7, 11) is 0. The zero-order valence-corrected chi connectivity index (χ0v) is 8.66. The fourth-order valence-corrected chi connectivity index (χ4v) is 1.69. The van der Waals surface area contributed by atoms with Crippen LogP contribution in [0.25, 0.3) is 0 Å². The molecule has 0 heterocycles.